The van der Waals surface area contributed by atoms with E-state index in [9.17, 15) is 0 Å². The fourth-order valence-electron chi connectivity index (χ4n) is 2.77. The number of aryl methyl sites for hydroxylation is 2. The van der Waals surface area contributed by atoms with Crippen LogP contribution in [0.4, 0.5) is 5.69 Å². The molecule has 1 atom stereocenters. The second kappa shape index (κ2) is 8.34. The molecule has 0 bridgehead atoms. The minimum atomic E-state index is -0.179. The topological polar surface area (TPSA) is 41.9 Å². The highest BCUT2D eigenvalue weighted by molar-refractivity contribution is 7.80. The Bertz CT molecular complexity index is 889. The lowest BCUT2D eigenvalue weighted by molar-refractivity contribution is 0.664. The van der Waals surface area contributed by atoms with E-state index < -0.39 is 0 Å². The van der Waals surface area contributed by atoms with Crippen molar-refractivity contribution in [3.8, 4) is 0 Å². The Morgan fingerprint density at radius 1 is 1.23 bits per heavy atom. The average molecular weight is 385 g/mol. The Balaban J connectivity index is 1.82. The molecule has 4 nitrogen and oxygen atoms in total. The fraction of sp³-hybridized carbons (Fsp3) is 0.200. The molecule has 0 saturated heterocycles. The molecule has 1 aromatic heterocycles. The molecular formula is C20H21ClN4S. The van der Waals surface area contributed by atoms with E-state index in [-0.39, 0.29) is 6.04 Å². The highest BCUT2D eigenvalue weighted by Crippen LogP contribution is 2.22. The van der Waals surface area contributed by atoms with Crippen molar-refractivity contribution < 1.29 is 0 Å². The van der Waals surface area contributed by atoms with Gasteiger partial charge in [-0.3, -0.25) is 0 Å². The van der Waals surface area contributed by atoms with Gasteiger partial charge >= 0.3 is 0 Å². The summed E-state index contributed by atoms with van der Waals surface area (Å²) in [6, 6.07) is 15.8. The molecule has 0 aliphatic heterocycles. The highest BCUT2D eigenvalue weighted by Gasteiger charge is 2.19. The minimum absolute atomic E-state index is 0.179. The van der Waals surface area contributed by atoms with Crippen molar-refractivity contribution in [2.45, 2.75) is 19.4 Å². The van der Waals surface area contributed by atoms with Gasteiger partial charge in [-0.25, -0.2) is 4.98 Å². The van der Waals surface area contributed by atoms with Crippen LogP contribution in [0.1, 0.15) is 29.9 Å². The summed E-state index contributed by atoms with van der Waals surface area (Å²) in [5, 5.41) is 7.88. The van der Waals surface area contributed by atoms with E-state index in [1.54, 1.807) is 6.20 Å². The Morgan fingerprint density at radius 2 is 2.00 bits per heavy atom. The summed E-state index contributed by atoms with van der Waals surface area (Å²) in [5.41, 5.74) is 3.27. The van der Waals surface area contributed by atoms with Crippen molar-refractivity contribution in [3.63, 3.8) is 0 Å². The van der Waals surface area contributed by atoms with Crippen molar-refractivity contribution in [1.29, 1.82) is 0 Å². The molecule has 0 saturated carbocycles. The van der Waals surface area contributed by atoms with E-state index >= 15 is 0 Å². The van der Waals surface area contributed by atoms with Crippen molar-refractivity contribution >= 4 is 34.6 Å². The zero-order valence-corrected chi connectivity index (χ0v) is 16.3. The van der Waals surface area contributed by atoms with Gasteiger partial charge in [-0.15, -0.1) is 0 Å². The lowest BCUT2D eigenvalue weighted by Crippen LogP contribution is -2.34. The van der Waals surface area contributed by atoms with Crippen LogP contribution < -0.4 is 10.6 Å². The maximum Gasteiger partial charge on any atom is 0.171 e. The van der Waals surface area contributed by atoms with Gasteiger partial charge in [-0.05, 0) is 54.0 Å². The summed E-state index contributed by atoms with van der Waals surface area (Å²) in [4.78, 5) is 4.48. The maximum atomic E-state index is 6.03. The Kier molecular flexibility index (Phi) is 5.91. The first-order valence-electron chi connectivity index (χ1n) is 8.46. The largest absolute Gasteiger partial charge is 0.348 e. The first kappa shape index (κ1) is 18.4. The summed E-state index contributed by atoms with van der Waals surface area (Å²) >= 11 is 11.6. The summed E-state index contributed by atoms with van der Waals surface area (Å²) in [5.74, 6) is 0.874. The Labute approximate surface area is 164 Å². The van der Waals surface area contributed by atoms with Crippen LogP contribution in [0.15, 0.2) is 60.9 Å². The van der Waals surface area contributed by atoms with Crippen LogP contribution in [0, 0.1) is 0 Å². The van der Waals surface area contributed by atoms with Gasteiger partial charge in [0.15, 0.2) is 5.11 Å². The monoisotopic (exact) mass is 384 g/mol. The summed E-state index contributed by atoms with van der Waals surface area (Å²) < 4.78 is 1.98. The quantitative estimate of drug-likeness (QED) is 0.625. The first-order valence-corrected chi connectivity index (χ1v) is 9.24. The molecule has 0 radical (unpaired) electrons. The molecule has 0 aliphatic rings. The summed E-state index contributed by atoms with van der Waals surface area (Å²) in [6.45, 7) is 2.13. The molecule has 1 heterocycles. The predicted molar refractivity (Wildman–Crippen MR) is 112 cm³/mol. The van der Waals surface area contributed by atoms with Crippen LogP contribution in [-0.4, -0.2) is 14.7 Å². The van der Waals surface area contributed by atoms with Crippen molar-refractivity contribution in [2.24, 2.45) is 7.05 Å². The third kappa shape index (κ3) is 4.42. The van der Waals surface area contributed by atoms with Crippen LogP contribution in [0.3, 0.4) is 0 Å². The SMILES string of the molecule is CCc1cccc(NC(=S)N[C@H](c2ccc(Cl)cc2)c2nccn2C)c1. The zero-order valence-electron chi connectivity index (χ0n) is 14.7. The number of hydrogen-bond acceptors (Lipinski definition) is 2. The van der Waals surface area contributed by atoms with E-state index in [4.69, 9.17) is 23.8 Å². The van der Waals surface area contributed by atoms with E-state index in [1.165, 1.54) is 5.56 Å². The Morgan fingerprint density at radius 3 is 2.65 bits per heavy atom. The number of benzene rings is 2. The van der Waals surface area contributed by atoms with Crippen LogP contribution in [0.2, 0.25) is 5.02 Å². The van der Waals surface area contributed by atoms with Gasteiger partial charge in [0.2, 0.25) is 0 Å². The van der Waals surface area contributed by atoms with Crippen LogP contribution in [0.25, 0.3) is 0 Å². The zero-order chi connectivity index (χ0) is 18.5. The van der Waals surface area contributed by atoms with Gasteiger partial charge in [0, 0.05) is 30.2 Å². The summed E-state index contributed by atoms with van der Waals surface area (Å²) in [6.07, 6.45) is 4.68. The number of hydrogen-bond donors (Lipinski definition) is 2. The predicted octanol–water partition coefficient (Wildman–Crippen LogP) is 4.71. The minimum Gasteiger partial charge on any atom is -0.348 e. The van der Waals surface area contributed by atoms with Crippen molar-refractivity contribution in [3.05, 3.63) is 82.9 Å². The van der Waals surface area contributed by atoms with E-state index in [0.29, 0.717) is 10.1 Å². The van der Waals surface area contributed by atoms with E-state index in [0.717, 1.165) is 23.5 Å². The molecule has 2 N–H and O–H groups in total. The van der Waals surface area contributed by atoms with Crippen molar-refractivity contribution in [2.75, 3.05) is 5.32 Å². The van der Waals surface area contributed by atoms with Gasteiger partial charge in [0.25, 0.3) is 0 Å². The number of aromatic nitrogens is 2. The van der Waals surface area contributed by atoms with E-state index in [2.05, 4.69) is 34.7 Å². The van der Waals surface area contributed by atoms with Gasteiger partial charge in [0.05, 0.1) is 0 Å². The lowest BCUT2D eigenvalue weighted by Gasteiger charge is -2.21. The van der Waals surface area contributed by atoms with Crippen molar-refractivity contribution in [1.82, 2.24) is 14.9 Å². The van der Waals surface area contributed by atoms with Gasteiger partial charge in [0.1, 0.15) is 11.9 Å². The van der Waals surface area contributed by atoms with Crippen LogP contribution in [-0.2, 0) is 13.5 Å². The maximum absolute atomic E-state index is 6.03. The van der Waals surface area contributed by atoms with Gasteiger partial charge in [-0.2, -0.15) is 0 Å². The fourth-order valence-corrected chi connectivity index (χ4v) is 3.14. The summed E-state index contributed by atoms with van der Waals surface area (Å²) in [7, 11) is 1.97. The molecule has 0 aliphatic carbocycles. The molecule has 0 unspecified atom stereocenters. The molecule has 2 aromatic carbocycles. The van der Waals surface area contributed by atoms with Gasteiger partial charge < -0.3 is 15.2 Å². The third-order valence-electron chi connectivity index (χ3n) is 4.19. The number of anilines is 1. The molecule has 3 aromatic rings. The molecular weight excluding hydrogens is 364 g/mol. The van der Waals surface area contributed by atoms with Crippen LogP contribution in [0.5, 0.6) is 0 Å². The van der Waals surface area contributed by atoms with E-state index in [1.807, 2.05) is 54.2 Å². The smallest absolute Gasteiger partial charge is 0.171 e. The molecule has 3 rings (SSSR count). The number of imidazole rings is 1. The number of halogens is 1. The molecule has 26 heavy (non-hydrogen) atoms. The van der Waals surface area contributed by atoms with Crippen LogP contribution >= 0.6 is 23.8 Å². The third-order valence-corrected chi connectivity index (χ3v) is 4.66. The number of thiocarbonyl (C=S) groups is 1. The number of nitrogens with zero attached hydrogens (tertiary/aromatic N) is 2. The number of rotatable bonds is 5. The number of nitrogens with one attached hydrogen (secondary N) is 2. The average Bonchev–Trinajstić information content (AvgIpc) is 3.06. The van der Waals surface area contributed by atoms with Gasteiger partial charge in [-0.1, -0.05) is 42.8 Å². The normalized spacial score (nSPS) is 11.8. The molecule has 0 spiro atoms. The second-order valence-electron chi connectivity index (χ2n) is 6.03. The highest BCUT2D eigenvalue weighted by atomic mass is 35.5. The molecule has 134 valence electrons. The first-order chi connectivity index (χ1) is 12.6. The Hall–Kier alpha value is -2.37. The second-order valence-corrected chi connectivity index (χ2v) is 6.88. The lowest BCUT2D eigenvalue weighted by atomic mass is 10.1. The molecule has 0 fully saturated rings. The molecule has 0 amide bonds. The molecule has 6 heteroatoms. The standard InChI is InChI=1S/C20H21ClN4S/c1-3-14-5-4-6-17(13-14)23-20(26)24-18(19-22-11-12-25(19)2)15-7-9-16(21)10-8-15/h4-13,18H,3H2,1-2H3,(H2,23,24,26)/t18-/m1/s1.